The third-order valence-electron chi connectivity index (χ3n) is 2.22. The Hall–Kier alpha value is -0.960. The third kappa shape index (κ3) is 2.81. The highest BCUT2D eigenvalue weighted by atomic mass is 35.5. The Morgan fingerprint density at radius 1 is 1.32 bits per heavy atom. The van der Waals surface area contributed by atoms with Gasteiger partial charge in [0.1, 0.15) is 4.70 Å². The molecule has 9 heteroatoms. The van der Waals surface area contributed by atoms with Crippen LogP contribution in [0.3, 0.4) is 0 Å². The highest BCUT2D eigenvalue weighted by Gasteiger charge is 2.11. The molecule has 0 unspecified atom stereocenters. The van der Waals surface area contributed by atoms with E-state index in [-0.39, 0.29) is 0 Å². The highest BCUT2D eigenvalue weighted by Crippen LogP contribution is 2.31. The Bertz CT molecular complexity index is 738. The van der Waals surface area contributed by atoms with Crippen molar-refractivity contribution in [2.75, 3.05) is 5.73 Å². The topological polar surface area (TPSA) is 77.6 Å². The van der Waals surface area contributed by atoms with Gasteiger partial charge in [-0.1, -0.05) is 34.7 Å². The maximum Gasteiger partial charge on any atom is 0.191 e. The molecular formula is C10H8ClN5S3. The lowest BCUT2D eigenvalue weighted by Gasteiger charge is -1.99. The number of rotatable bonds is 3. The molecule has 5 nitrogen and oxygen atoms in total. The SMILES string of the molecule is Cc1nc(CSc2nc(Cl)c3sc(N)nc3n2)cs1. The van der Waals surface area contributed by atoms with Gasteiger partial charge in [-0.3, -0.25) is 0 Å². The maximum atomic E-state index is 6.10. The lowest BCUT2D eigenvalue weighted by atomic mass is 10.6. The van der Waals surface area contributed by atoms with Crippen molar-refractivity contribution < 1.29 is 0 Å². The van der Waals surface area contributed by atoms with E-state index in [1.807, 2.05) is 12.3 Å². The van der Waals surface area contributed by atoms with E-state index in [9.17, 15) is 0 Å². The van der Waals surface area contributed by atoms with Crippen LogP contribution >= 0.6 is 46.0 Å². The molecule has 0 saturated heterocycles. The molecule has 0 bridgehead atoms. The number of nitrogen functional groups attached to an aromatic ring is 1. The number of hydrogen-bond acceptors (Lipinski definition) is 8. The molecule has 3 aromatic rings. The maximum absolute atomic E-state index is 6.10. The largest absolute Gasteiger partial charge is 0.375 e. The predicted molar refractivity (Wildman–Crippen MR) is 81.0 cm³/mol. The zero-order valence-corrected chi connectivity index (χ0v) is 13.0. The summed E-state index contributed by atoms with van der Waals surface area (Å²) in [5, 5.41) is 4.52. The van der Waals surface area contributed by atoms with Crippen molar-refractivity contribution in [2.24, 2.45) is 0 Å². The average molecular weight is 330 g/mol. The van der Waals surface area contributed by atoms with Crippen molar-refractivity contribution in [2.45, 2.75) is 17.8 Å². The van der Waals surface area contributed by atoms with E-state index in [0.29, 0.717) is 26.8 Å². The van der Waals surface area contributed by atoms with Crippen LogP contribution in [0.4, 0.5) is 5.13 Å². The average Bonchev–Trinajstić information content (AvgIpc) is 2.92. The molecule has 0 saturated carbocycles. The van der Waals surface area contributed by atoms with E-state index in [2.05, 4.69) is 19.9 Å². The standard InChI is InChI=1S/C10H8ClN5S3/c1-4-13-5(2-17-4)3-18-10-14-7(11)6-8(16-10)15-9(12)19-6/h2H,3H2,1H3,(H2,12,14,15,16). The first-order chi connectivity index (χ1) is 9.11. The zero-order chi connectivity index (χ0) is 13.4. The molecule has 0 amide bonds. The summed E-state index contributed by atoms with van der Waals surface area (Å²) in [6, 6.07) is 0. The molecular weight excluding hydrogens is 322 g/mol. The van der Waals surface area contributed by atoms with Crippen LogP contribution in [0.5, 0.6) is 0 Å². The summed E-state index contributed by atoms with van der Waals surface area (Å²) < 4.78 is 0.730. The van der Waals surface area contributed by atoms with Crippen molar-refractivity contribution in [3.05, 3.63) is 21.2 Å². The predicted octanol–water partition coefficient (Wildman–Crippen LogP) is 3.38. The number of thiazole rings is 2. The van der Waals surface area contributed by atoms with Crippen LogP contribution in [0.15, 0.2) is 10.5 Å². The van der Waals surface area contributed by atoms with E-state index in [1.165, 1.54) is 23.1 Å². The smallest absolute Gasteiger partial charge is 0.191 e. The Labute approximate surface area is 126 Å². The fourth-order valence-electron chi connectivity index (χ4n) is 1.47. The lowest BCUT2D eigenvalue weighted by Crippen LogP contribution is -1.90. The van der Waals surface area contributed by atoms with Crippen molar-refractivity contribution in [1.29, 1.82) is 0 Å². The molecule has 98 valence electrons. The van der Waals surface area contributed by atoms with Crippen LogP contribution < -0.4 is 5.73 Å². The molecule has 0 aliphatic carbocycles. The van der Waals surface area contributed by atoms with Gasteiger partial charge in [0.2, 0.25) is 0 Å². The van der Waals surface area contributed by atoms with Crippen LogP contribution in [-0.4, -0.2) is 19.9 Å². The number of nitrogens with two attached hydrogens (primary N) is 1. The van der Waals surface area contributed by atoms with Gasteiger partial charge in [-0.15, -0.1) is 11.3 Å². The van der Waals surface area contributed by atoms with E-state index in [1.54, 1.807) is 11.3 Å². The number of hydrogen-bond donors (Lipinski definition) is 1. The highest BCUT2D eigenvalue weighted by molar-refractivity contribution is 7.98. The number of aryl methyl sites for hydroxylation is 1. The molecule has 3 rings (SSSR count). The van der Waals surface area contributed by atoms with Gasteiger partial charge in [-0.2, -0.15) is 0 Å². The van der Waals surface area contributed by atoms with Gasteiger partial charge in [-0.05, 0) is 6.92 Å². The third-order valence-corrected chi connectivity index (χ3v) is 5.19. The summed E-state index contributed by atoms with van der Waals surface area (Å²) in [6.07, 6.45) is 0. The first-order valence-corrected chi connectivity index (χ1v) is 8.31. The van der Waals surface area contributed by atoms with Crippen LogP contribution in [-0.2, 0) is 5.75 Å². The number of fused-ring (bicyclic) bond motifs is 1. The van der Waals surface area contributed by atoms with E-state index in [4.69, 9.17) is 17.3 Å². The number of aromatic nitrogens is 4. The minimum Gasteiger partial charge on any atom is -0.375 e. The fourth-order valence-corrected chi connectivity index (χ4v) is 3.90. The molecule has 19 heavy (non-hydrogen) atoms. The second-order valence-corrected chi connectivity index (χ2v) is 7.04. The number of anilines is 1. The monoisotopic (exact) mass is 329 g/mol. The minimum absolute atomic E-state index is 0.399. The Morgan fingerprint density at radius 3 is 2.89 bits per heavy atom. The van der Waals surface area contributed by atoms with Crippen LogP contribution in [0.2, 0.25) is 5.15 Å². The van der Waals surface area contributed by atoms with Gasteiger partial charge >= 0.3 is 0 Å². The summed E-state index contributed by atoms with van der Waals surface area (Å²) in [5.41, 5.74) is 7.22. The molecule has 0 spiro atoms. The first kappa shape index (κ1) is 13.0. The Kier molecular flexibility index (Phi) is 3.57. The van der Waals surface area contributed by atoms with Gasteiger partial charge in [-0.25, -0.2) is 19.9 Å². The van der Waals surface area contributed by atoms with Crippen molar-refractivity contribution in [3.63, 3.8) is 0 Å². The molecule has 0 aromatic carbocycles. The van der Waals surface area contributed by atoms with Crippen LogP contribution in [0.25, 0.3) is 10.3 Å². The minimum atomic E-state index is 0.399. The van der Waals surface area contributed by atoms with Gasteiger partial charge in [0.15, 0.2) is 21.1 Å². The van der Waals surface area contributed by atoms with E-state index in [0.717, 1.165) is 15.4 Å². The van der Waals surface area contributed by atoms with Gasteiger partial charge in [0, 0.05) is 11.1 Å². The normalized spacial score (nSPS) is 11.3. The lowest BCUT2D eigenvalue weighted by molar-refractivity contribution is 0.993. The molecule has 2 N–H and O–H groups in total. The van der Waals surface area contributed by atoms with Gasteiger partial charge in [0.25, 0.3) is 0 Å². The molecule has 0 atom stereocenters. The van der Waals surface area contributed by atoms with E-state index >= 15 is 0 Å². The summed E-state index contributed by atoms with van der Waals surface area (Å²) in [7, 11) is 0. The molecule has 0 aliphatic rings. The van der Waals surface area contributed by atoms with Gasteiger partial charge < -0.3 is 5.73 Å². The quantitative estimate of drug-likeness (QED) is 0.451. The second kappa shape index (κ2) is 5.20. The summed E-state index contributed by atoms with van der Waals surface area (Å²) in [4.78, 5) is 17.1. The summed E-state index contributed by atoms with van der Waals surface area (Å²) >= 11 is 10.5. The first-order valence-electron chi connectivity index (χ1n) is 5.25. The number of nitrogens with zero attached hydrogens (tertiary/aromatic N) is 4. The molecule has 0 radical (unpaired) electrons. The second-order valence-electron chi connectivity index (χ2n) is 3.65. The van der Waals surface area contributed by atoms with Crippen molar-refractivity contribution in [3.8, 4) is 0 Å². The zero-order valence-electron chi connectivity index (χ0n) is 9.75. The van der Waals surface area contributed by atoms with Crippen molar-refractivity contribution in [1.82, 2.24) is 19.9 Å². The van der Waals surface area contributed by atoms with E-state index < -0.39 is 0 Å². The molecule has 3 heterocycles. The molecule has 0 fully saturated rings. The summed E-state index contributed by atoms with van der Waals surface area (Å²) in [5.74, 6) is 0.714. The van der Waals surface area contributed by atoms with Crippen LogP contribution in [0, 0.1) is 6.92 Å². The number of halogens is 1. The fraction of sp³-hybridized carbons (Fsp3) is 0.200. The Morgan fingerprint density at radius 2 is 2.16 bits per heavy atom. The summed E-state index contributed by atoms with van der Waals surface area (Å²) in [6.45, 7) is 1.98. The van der Waals surface area contributed by atoms with Crippen molar-refractivity contribution >= 4 is 61.5 Å². The molecule has 3 aromatic heterocycles. The van der Waals surface area contributed by atoms with Crippen LogP contribution in [0.1, 0.15) is 10.7 Å². The number of thioether (sulfide) groups is 1. The van der Waals surface area contributed by atoms with Gasteiger partial charge in [0.05, 0.1) is 10.7 Å². The Balaban J connectivity index is 1.84. The molecule has 0 aliphatic heterocycles.